The fourth-order valence-electron chi connectivity index (χ4n) is 3.70. The zero-order valence-electron chi connectivity index (χ0n) is 24.4. The van der Waals surface area contributed by atoms with Crippen molar-refractivity contribution in [1.82, 2.24) is 19.9 Å². The maximum atomic E-state index is 12.7. The second kappa shape index (κ2) is 15.8. The second-order valence-corrected chi connectivity index (χ2v) is 13.5. The molecule has 19 heteroatoms. The van der Waals surface area contributed by atoms with Gasteiger partial charge in [-0.2, -0.15) is 25.2 Å². The number of nitrogens with one attached hydrogen (secondary N) is 1. The van der Waals surface area contributed by atoms with Crippen molar-refractivity contribution < 1.29 is 22.1 Å². The van der Waals surface area contributed by atoms with E-state index < -0.39 is 21.0 Å². The number of imidazole rings is 1. The van der Waals surface area contributed by atoms with Gasteiger partial charge in [0, 0.05) is 46.7 Å². The summed E-state index contributed by atoms with van der Waals surface area (Å²) in [5, 5.41) is 7.50. The number of hydrogen-bond acceptors (Lipinski definition) is 11. The molecule has 238 valence electrons. The Morgan fingerprint density at radius 2 is 1.91 bits per heavy atom. The van der Waals surface area contributed by atoms with Gasteiger partial charge in [-0.15, -0.1) is 15.7 Å². The topological polar surface area (TPSA) is 253 Å². The number of rotatable bonds is 12. The van der Waals surface area contributed by atoms with E-state index in [-0.39, 0.29) is 17.5 Å². The summed E-state index contributed by atoms with van der Waals surface area (Å²) in [5.74, 6) is 2.97. The third kappa shape index (κ3) is 10.4. The number of guanidine groups is 1. The molecule has 0 aliphatic rings. The van der Waals surface area contributed by atoms with Gasteiger partial charge in [-0.3, -0.25) is 9.19 Å². The average molecular weight is 683 g/mol. The molecule has 3 aromatic heterocycles. The Hall–Kier alpha value is -3.78. The number of pyridine rings is 1. The number of nitrogens with two attached hydrogens (primary N) is 4. The lowest BCUT2D eigenvalue weighted by Crippen LogP contribution is -2.21. The molecule has 1 atom stereocenters. The van der Waals surface area contributed by atoms with Crippen LogP contribution in [0, 0.1) is 13.8 Å². The molecular formula is C25H34N10O5S4. The van der Waals surface area contributed by atoms with Crippen LogP contribution in [0.25, 0.3) is 11.0 Å². The van der Waals surface area contributed by atoms with Crippen LogP contribution >= 0.6 is 23.1 Å². The Morgan fingerprint density at radius 1 is 1.16 bits per heavy atom. The summed E-state index contributed by atoms with van der Waals surface area (Å²) >= 11 is 2.86. The number of methoxy groups -OCH3 is 2. The minimum Gasteiger partial charge on any atom is -0.497 e. The number of thioether (sulfide) groups is 1. The van der Waals surface area contributed by atoms with E-state index in [2.05, 4.69) is 29.3 Å². The van der Waals surface area contributed by atoms with Crippen LogP contribution in [-0.4, -0.2) is 64.3 Å². The molecule has 15 nitrogen and oxygen atoms in total. The fourth-order valence-corrected chi connectivity index (χ4v) is 6.88. The van der Waals surface area contributed by atoms with E-state index >= 15 is 0 Å². The number of thiazole rings is 1. The lowest BCUT2D eigenvalue weighted by molar-refractivity contribution is 0.407. The SMILES string of the molecule is COc1ccc2nc(S(=O)Cc3ncc(C)c(OC)c3C)[nH]c2c1.NC(N)=Nc1nc(CSCC/C(N)=N/S(N)(=O)=O)cs1. The van der Waals surface area contributed by atoms with E-state index in [4.69, 9.17) is 31.8 Å². The van der Waals surface area contributed by atoms with Crippen LogP contribution in [0.1, 0.15) is 28.9 Å². The molecule has 0 saturated heterocycles. The first kappa shape index (κ1) is 34.7. The number of fused-ring (bicyclic) bond motifs is 1. The second-order valence-electron chi connectivity index (χ2n) is 9.02. The summed E-state index contributed by atoms with van der Waals surface area (Å²) in [6.45, 7) is 3.86. The number of benzene rings is 1. The highest BCUT2D eigenvalue weighted by Gasteiger charge is 2.16. The van der Waals surface area contributed by atoms with Crippen molar-refractivity contribution >= 4 is 72.1 Å². The molecule has 0 aliphatic heterocycles. The average Bonchev–Trinajstić information content (AvgIpc) is 3.58. The minimum absolute atomic E-state index is 0.0144. The van der Waals surface area contributed by atoms with Gasteiger partial charge in [0.2, 0.25) is 5.13 Å². The first-order valence-electron chi connectivity index (χ1n) is 12.7. The first-order valence-corrected chi connectivity index (χ1v) is 17.5. The maximum absolute atomic E-state index is 12.7. The normalized spacial score (nSPS) is 12.3. The molecule has 0 spiro atoms. The largest absolute Gasteiger partial charge is 0.497 e. The van der Waals surface area contributed by atoms with Gasteiger partial charge in [-0.05, 0) is 26.0 Å². The van der Waals surface area contributed by atoms with Crippen LogP contribution in [0.3, 0.4) is 0 Å². The third-order valence-electron chi connectivity index (χ3n) is 5.66. The van der Waals surface area contributed by atoms with E-state index in [0.29, 0.717) is 28.2 Å². The Morgan fingerprint density at radius 3 is 2.57 bits per heavy atom. The zero-order valence-corrected chi connectivity index (χ0v) is 27.7. The van der Waals surface area contributed by atoms with Crippen LogP contribution in [0.2, 0.25) is 0 Å². The van der Waals surface area contributed by atoms with E-state index in [1.54, 1.807) is 20.4 Å². The van der Waals surface area contributed by atoms with Crippen molar-refractivity contribution in [2.24, 2.45) is 31.7 Å². The minimum atomic E-state index is -3.92. The van der Waals surface area contributed by atoms with Gasteiger partial charge >= 0.3 is 10.2 Å². The van der Waals surface area contributed by atoms with Crippen LogP contribution in [-0.2, 0) is 32.5 Å². The predicted molar refractivity (Wildman–Crippen MR) is 176 cm³/mol. The van der Waals surface area contributed by atoms with Gasteiger partial charge in [0.25, 0.3) is 0 Å². The van der Waals surface area contributed by atoms with Crippen molar-refractivity contribution in [2.75, 3.05) is 20.0 Å². The van der Waals surface area contributed by atoms with Gasteiger partial charge in [-0.1, -0.05) is 0 Å². The van der Waals surface area contributed by atoms with Crippen LogP contribution in [0.15, 0.2) is 44.3 Å². The first-order chi connectivity index (χ1) is 20.8. The van der Waals surface area contributed by atoms with E-state index in [1.807, 2.05) is 37.4 Å². The van der Waals surface area contributed by atoms with Crippen molar-refractivity contribution in [2.45, 2.75) is 36.9 Å². The molecule has 0 radical (unpaired) electrons. The summed E-state index contributed by atoms with van der Waals surface area (Å²) in [7, 11) is -2.01. The molecule has 4 rings (SSSR count). The van der Waals surface area contributed by atoms with Crippen molar-refractivity contribution in [3.05, 3.63) is 52.3 Å². The molecule has 9 N–H and O–H groups in total. The van der Waals surface area contributed by atoms with Gasteiger partial charge in [-0.25, -0.2) is 15.1 Å². The fraction of sp³-hybridized carbons (Fsp3) is 0.320. The number of aromatic amines is 1. The number of aryl methyl sites for hydroxylation is 1. The summed E-state index contributed by atoms with van der Waals surface area (Å²) in [4.78, 5) is 19.9. The Balaban J connectivity index is 0.000000245. The quantitative estimate of drug-likeness (QED) is 0.0818. The Labute approximate surface area is 265 Å². The molecule has 0 bridgehead atoms. The van der Waals surface area contributed by atoms with Gasteiger partial charge in [0.05, 0.1) is 53.2 Å². The van der Waals surface area contributed by atoms with Crippen LogP contribution in [0.5, 0.6) is 11.5 Å². The standard InChI is InChI=1S/C17H19N3O3S.C8H15N7O2S3/c1-10-8-18-15(11(2)16(10)23-4)9-24(21)17-19-13-6-5-12(22-3)7-14(13)20-17;9-6(15-20(12,16)17)1-2-18-3-5-4-19-8(13-5)14-7(10)11/h5-8H,9H2,1-4H3,(H,19,20);4H,1-3H2,(H2,9,15)(H2,12,16,17)(H4,10,11,13,14). The maximum Gasteiger partial charge on any atom is 0.318 e. The monoisotopic (exact) mass is 682 g/mol. The number of nitrogens with zero attached hydrogens (tertiary/aromatic N) is 5. The van der Waals surface area contributed by atoms with Crippen molar-refractivity contribution in [3.63, 3.8) is 0 Å². The molecule has 0 amide bonds. The molecule has 1 unspecified atom stereocenters. The molecule has 0 fully saturated rings. The molecular weight excluding hydrogens is 649 g/mol. The van der Waals surface area contributed by atoms with Gasteiger partial charge in [0.1, 0.15) is 17.3 Å². The number of amidine groups is 1. The highest BCUT2D eigenvalue weighted by Crippen LogP contribution is 2.26. The Bertz CT molecular complexity index is 1780. The van der Waals surface area contributed by atoms with Crippen LogP contribution in [0.4, 0.5) is 5.13 Å². The van der Waals surface area contributed by atoms with Crippen molar-refractivity contribution in [1.29, 1.82) is 0 Å². The summed E-state index contributed by atoms with van der Waals surface area (Å²) in [5.41, 5.74) is 20.9. The lowest BCUT2D eigenvalue weighted by Gasteiger charge is -2.11. The summed E-state index contributed by atoms with van der Waals surface area (Å²) in [6.07, 6.45) is 2.06. The van der Waals surface area contributed by atoms with Gasteiger partial charge < -0.3 is 31.7 Å². The van der Waals surface area contributed by atoms with E-state index in [0.717, 1.165) is 45.0 Å². The zero-order chi connectivity index (χ0) is 32.4. The molecule has 1 aromatic carbocycles. The summed E-state index contributed by atoms with van der Waals surface area (Å²) < 4.78 is 47.7. The highest BCUT2D eigenvalue weighted by atomic mass is 32.2. The number of aliphatic imine (C=N–C) groups is 1. The number of ether oxygens (including phenoxy) is 2. The predicted octanol–water partition coefficient (Wildman–Crippen LogP) is 2.13. The number of hydrogen-bond donors (Lipinski definition) is 5. The third-order valence-corrected chi connectivity index (χ3v) is 9.09. The summed E-state index contributed by atoms with van der Waals surface area (Å²) in [6, 6.07) is 5.50. The molecule has 0 saturated carbocycles. The molecule has 44 heavy (non-hydrogen) atoms. The van der Waals surface area contributed by atoms with Gasteiger partial charge in [0.15, 0.2) is 11.1 Å². The smallest absolute Gasteiger partial charge is 0.318 e. The number of H-pyrrole nitrogens is 1. The van der Waals surface area contributed by atoms with E-state index in [9.17, 15) is 12.6 Å². The Kier molecular flexibility index (Phi) is 12.5. The number of aromatic nitrogens is 4. The van der Waals surface area contributed by atoms with E-state index in [1.165, 1.54) is 23.1 Å². The molecule has 4 aromatic rings. The lowest BCUT2D eigenvalue weighted by atomic mass is 10.1. The molecule has 0 aliphatic carbocycles. The van der Waals surface area contributed by atoms with Crippen LogP contribution < -0.4 is 31.8 Å². The molecule has 3 heterocycles. The highest BCUT2D eigenvalue weighted by molar-refractivity contribution is 7.98. The van der Waals surface area contributed by atoms with Crippen molar-refractivity contribution in [3.8, 4) is 11.5 Å².